The average Bonchev–Trinajstić information content (AvgIpc) is 2.94. The molecular weight excluding hydrogens is 262 g/mol. The Morgan fingerprint density at radius 1 is 1.35 bits per heavy atom. The molecule has 0 saturated carbocycles. The van der Waals surface area contributed by atoms with Crippen molar-refractivity contribution in [1.82, 2.24) is 15.5 Å². The van der Waals surface area contributed by atoms with Crippen LogP contribution in [0.2, 0.25) is 0 Å². The summed E-state index contributed by atoms with van der Waals surface area (Å²) in [5, 5.41) is 10.3. The van der Waals surface area contributed by atoms with E-state index >= 15 is 0 Å². The van der Waals surface area contributed by atoms with Crippen molar-refractivity contribution >= 4 is 6.09 Å². The fourth-order valence-electron chi connectivity index (χ4n) is 1.59. The molecule has 0 aliphatic heterocycles. The Morgan fingerprint density at radius 2 is 2.15 bits per heavy atom. The summed E-state index contributed by atoms with van der Waals surface area (Å²) in [6, 6.07) is 7.31. The maximum Gasteiger partial charge on any atom is 0.407 e. The molecule has 106 valence electrons. The number of nitrogens with zero attached hydrogens (tertiary/aromatic N) is 2. The first-order chi connectivity index (χ1) is 9.74. The number of benzene rings is 1. The van der Waals surface area contributed by atoms with Crippen molar-refractivity contribution in [2.24, 2.45) is 0 Å². The molecular formula is C13H15N3O4. The molecule has 20 heavy (non-hydrogen) atoms. The molecule has 0 atom stereocenters. The van der Waals surface area contributed by atoms with Crippen molar-refractivity contribution in [3.63, 3.8) is 0 Å². The van der Waals surface area contributed by atoms with Crippen LogP contribution in [0.1, 0.15) is 12.8 Å². The van der Waals surface area contributed by atoms with Crippen LogP contribution in [0.5, 0.6) is 5.75 Å². The van der Waals surface area contributed by atoms with Crippen LogP contribution >= 0.6 is 0 Å². The van der Waals surface area contributed by atoms with Crippen molar-refractivity contribution < 1.29 is 18.7 Å². The number of aromatic nitrogens is 2. The van der Waals surface area contributed by atoms with Crippen LogP contribution in [0.3, 0.4) is 0 Å². The quantitative estimate of drug-likeness (QED) is 0.899. The van der Waals surface area contributed by atoms with Gasteiger partial charge in [0.1, 0.15) is 5.75 Å². The van der Waals surface area contributed by atoms with Crippen LogP contribution in [-0.2, 0) is 11.3 Å². The SMILES string of the molecule is CCOC(=O)NCc1nnc(-c2ccccc2OC)o1. The zero-order valence-electron chi connectivity index (χ0n) is 11.3. The summed E-state index contributed by atoms with van der Waals surface area (Å²) in [6.45, 7) is 2.15. The molecule has 7 nitrogen and oxygen atoms in total. The summed E-state index contributed by atoms with van der Waals surface area (Å²) in [6.07, 6.45) is -0.524. The summed E-state index contributed by atoms with van der Waals surface area (Å²) in [7, 11) is 1.57. The van der Waals surface area contributed by atoms with Crippen molar-refractivity contribution in [3.8, 4) is 17.2 Å². The van der Waals surface area contributed by atoms with Gasteiger partial charge in [-0.1, -0.05) is 12.1 Å². The number of carbonyl (C=O) groups is 1. The fourth-order valence-corrected chi connectivity index (χ4v) is 1.59. The highest BCUT2D eigenvalue weighted by Crippen LogP contribution is 2.28. The lowest BCUT2D eigenvalue weighted by molar-refractivity contribution is 0.150. The van der Waals surface area contributed by atoms with Crippen molar-refractivity contribution in [3.05, 3.63) is 30.2 Å². The maximum atomic E-state index is 11.2. The van der Waals surface area contributed by atoms with Gasteiger partial charge in [0.2, 0.25) is 5.89 Å². The normalized spacial score (nSPS) is 10.1. The van der Waals surface area contributed by atoms with E-state index in [2.05, 4.69) is 15.5 Å². The number of ether oxygens (including phenoxy) is 2. The van der Waals surface area contributed by atoms with E-state index in [4.69, 9.17) is 13.9 Å². The first-order valence-electron chi connectivity index (χ1n) is 6.11. The smallest absolute Gasteiger partial charge is 0.407 e. The van der Waals surface area contributed by atoms with Gasteiger partial charge in [-0.25, -0.2) is 4.79 Å². The van der Waals surface area contributed by atoms with Gasteiger partial charge in [-0.15, -0.1) is 10.2 Å². The maximum absolute atomic E-state index is 11.2. The monoisotopic (exact) mass is 277 g/mol. The molecule has 1 amide bonds. The summed E-state index contributed by atoms with van der Waals surface area (Å²) in [4.78, 5) is 11.2. The summed E-state index contributed by atoms with van der Waals surface area (Å²) in [5.41, 5.74) is 0.699. The number of rotatable bonds is 5. The Hall–Kier alpha value is -2.57. The number of nitrogens with one attached hydrogen (secondary N) is 1. The minimum Gasteiger partial charge on any atom is -0.496 e. The zero-order valence-corrected chi connectivity index (χ0v) is 11.3. The highest BCUT2D eigenvalue weighted by Gasteiger charge is 2.13. The lowest BCUT2D eigenvalue weighted by Crippen LogP contribution is -2.23. The van der Waals surface area contributed by atoms with Gasteiger partial charge in [0.25, 0.3) is 5.89 Å². The number of carbonyl (C=O) groups excluding carboxylic acids is 1. The third kappa shape index (κ3) is 3.25. The molecule has 7 heteroatoms. The molecule has 0 saturated heterocycles. The summed E-state index contributed by atoms with van der Waals surface area (Å²) in [5.74, 6) is 1.27. The molecule has 1 aromatic carbocycles. The van der Waals surface area contributed by atoms with Crippen LogP contribution in [0.25, 0.3) is 11.5 Å². The number of hydrogen-bond acceptors (Lipinski definition) is 6. The molecule has 0 fully saturated rings. The zero-order chi connectivity index (χ0) is 14.4. The highest BCUT2D eigenvalue weighted by atomic mass is 16.5. The van der Waals surface area contributed by atoms with Crippen molar-refractivity contribution in [2.45, 2.75) is 13.5 Å². The molecule has 1 N–H and O–H groups in total. The molecule has 0 spiro atoms. The molecule has 2 rings (SSSR count). The molecule has 1 aromatic heterocycles. The molecule has 0 radical (unpaired) electrons. The first-order valence-corrected chi connectivity index (χ1v) is 6.11. The van der Waals surface area contributed by atoms with E-state index < -0.39 is 6.09 Å². The third-order valence-corrected chi connectivity index (χ3v) is 2.46. The second kappa shape index (κ2) is 6.55. The van der Waals surface area contributed by atoms with Crippen molar-refractivity contribution in [1.29, 1.82) is 0 Å². The standard InChI is InChI=1S/C13H15N3O4/c1-3-19-13(17)14-8-11-15-16-12(20-11)9-6-4-5-7-10(9)18-2/h4-7H,3,8H2,1-2H3,(H,14,17). The van der Waals surface area contributed by atoms with Crippen LogP contribution < -0.4 is 10.1 Å². The number of alkyl carbamates (subject to hydrolysis) is 1. The van der Waals surface area contributed by atoms with Gasteiger partial charge < -0.3 is 19.2 Å². The predicted molar refractivity (Wildman–Crippen MR) is 70.1 cm³/mol. The first kappa shape index (κ1) is 13.9. The number of hydrogen-bond donors (Lipinski definition) is 1. The predicted octanol–water partition coefficient (Wildman–Crippen LogP) is 1.99. The van der Waals surface area contributed by atoms with E-state index in [1.165, 1.54) is 0 Å². The lowest BCUT2D eigenvalue weighted by atomic mass is 10.2. The molecule has 0 bridgehead atoms. The van der Waals surface area contributed by atoms with E-state index in [1.54, 1.807) is 20.1 Å². The van der Waals surface area contributed by atoms with Crippen LogP contribution in [-0.4, -0.2) is 30.0 Å². The minimum atomic E-state index is -0.524. The largest absolute Gasteiger partial charge is 0.496 e. The van der Waals surface area contributed by atoms with Gasteiger partial charge in [-0.2, -0.15) is 0 Å². The fraction of sp³-hybridized carbons (Fsp3) is 0.308. The van der Waals surface area contributed by atoms with Gasteiger partial charge in [0, 0.05) is 0 Å². The van der Waals surface area contributed by atoms with Crippen molar-refractivity contribution in [2.75, 3.05) is 13.7 Å². The van der Waals surface area contributed by atoms with Crippen LogP contribution in [0.15, 0.2) is 28.7 Å². The van der Waals surface area contributed by atoms with E-state index in [9.17, 15) is 4.79 Å². The number of para-hydroxylation sites is 1. The lowest BCUT2D eigenvalue weighted by Gasteiger charge is -2.03. The Balaban J connectivity index is 2.07. The molecule has 1 heterocycles. The summed E-state index contributed by atoms with van der Waals surface area (Å²) < 4.78 is 15.4. The second-order valence-corrected chi connectivity index (χ2v) is 3.78. The van der Waals surface area contributed by atoms with Gasteiger partial charge in [0.15, 0.2) is 0 Å². The third-order valence-electron chi connectivity index (χ3n) is 2.46. The van der Waals surface area contributed by atoms with E-state index in [-0.39, 0.29) is 6.54 Å². The Bertz CT molecular complexity index is 583. The van der Waals surface area contributed by atoms with E-state index in [0.717, 1.165) is 0 Å². The molecule has 0 unspecified atom stereocenters. The Kier molecular flexibility index (Phi) is 4.54. The van der Waals surface area contributed by atoms with E-state index in [1.807, 2.05) is 18.2 Å². The minimum absolute atomic E-state index is 0.112. The van der Waals surface area contributed by atoms with Gasteiger partial charge >= 0.3 is 6.09 Å². The van der Waals surface area contributed by atoms with Gasteiger partial charge in [0.05, 0.1) is 25.8 Å². The average molecular weight is 277 g/mol. The highest BCUT2D eigenvalue weighted by molar-refractivity contribution is 5.67. The van der Waals surface area contributed by atoms with Gasteiger partial charge in [-0.3, -0.25) is 0 Å². The second-order valence-electron chi connectivity index (χ2n) is 3.78. The summed E-state index contributed by atoms with van der Waals surface area (Å²) >= 11 is 0. The Morgan fingerprint density at radius 3 is 2.90 bits per heavy atom. The molecule has 0 aliphatic rings. The van der Waals surface area contributed by atoms with Crippen LogP contribution in [0.4, 0.5) is 4.79 Å². The Labute approximate surface area is 115 Å². The number of methoxy groups -OCH3 is 1. The topological polar surface area (TPSA) is 86.5 Å². The molecule has 2 aromatic rings. The van der Waals surface area contributed by atoms with E-state index in [0.29, 0.717) is 29.7 Å². The number of amides is 1. The van der Waals surface area contributed by atoms with Crippen LogP contribution in [0, 0.1) is 0 Å². The van der Waals surface area contributed by atoms with Gasteiger partial charge in [-0.05, 0) is 19.1 Å². The molecule has 0 aliphatic carbocycles.